The maximum absolute atomic E-state index is 11.8. The van der Waals surface area contributed by atoms with Crippen molar-refractivity contribution < 1.29 is 17.9 Å². The third-order valence-corrected chi connectivity index (χ3v) is 4.40. The maximum Gasteiger partial charge on any atom is 0.279 e. The molecule has 0 bridgehead atoms. The van der Waals surface area contributed by atoms with Gasteiger partial charge >= 0.3 is 0 Å². The zero-order chi connectivity index (χ0) is 11.4. The minimum Gasteiger partial charge on any atom is -0.379 e. The van der Waals surface area contributed by atoms with Crippen LogP contribution in [0.5, 0.6) is 0 Å². The van der Waals surface area contributed by atoms with Crippen LogP contribution in [0.2, 0.25) is 0 Å². The molecule has 0 aromatic heterocycles. The largest absolute Gasteiger partial charge is 0.379 e. The molecule has 0 spiro atoms. The van der Waals surface area contributed by atoms with Crippen molar-refractivity contribution in [2.45, 2.75) is 18.9 Å². The van der Waals surface area contributed by atoms with Gasteiger partial charge in [-0.2, -0.15) is 17.4 Å². The quantitative estimate of drug-likeness (QED) is 0.718. The first-order chi connectivity index (χ1) is 7.68. The summed E-state index contributed by atoms with van der Waals surface area (Å²) >= 11 is 0. The minimum atomic E-state index is -3.35. The van der Waals surface area contributed by atoms with Gasteiger partial charge in [0.05, 0.1) is 19.3 Å². The summed E-state index contributed by atoms with van der Waals surface area (Å²) in [5.41, 5.74) is 0. The van der Waals surface area contributed by atoms with E-state index in [0.29, 0.717) is 32.8 Å². The molecule has 6 nitrogen and oxygen atoms in total. The van der Waals surface area contributed by atoms with Gasteiger partial charge < -0.3 is 9.47 Å². The summed E-state index contributed by atoms with van der Waals surface area (Å²) < 4.78 is 38.2. The van der Waals surface area contributed by atoms with E-state index in [4.69, 9.17) is 9.47 Å². The summed E-state index contributed by atoms with van der Waals surface area (Å²) in [6.07, 6.45) is 1.99. The number of morpholine rings is 1. The van der Waals surface area contributed by atoms with Crippen LogP contribution in [0.3, 0.4) is 0 Å². The predicted molar refractivity (Wildman–Crippen MR) is 58.3 cm³/mol. The van der Waals surface area contributed by atoms with Gasteiger partial charge in [0.15, 0.2) is 0 Å². The Hall–Kier alpha value is -0.210. The fourth-order valence-electron chi connectivity index (χ4n) is 1.88. The Morgan fingerprint density at radius 2 is 2.00 bits per heavy atom. The van der Waals surface area contributed by atoms with E-state index in [0.717, 1.165) is 19.4 Å². The van der Waals surface area contributed by atoms with E-state index in [2.05, 4.69) is 4.72 Å². The van der Waals surface area contributed by atoms with Gasteiger partial charge in [0.2, 0.25) is 0 Å². The fourth-order valence-corrected chi connectivity index (χ4v) is 3.09. The van der Waals surface area contributed by atoms with Gasteiger partial charge in [0.1, 0.15) is 0 Å². The summed E-state index contributed by atoms with van der Waals surface area (Å²) in [5.74, 6) is 0. The Labute approximate surface area is 96.1 Å². The van der Waals surface area contributed by atoms with Crippen molar-refractivity contribution in [2.24, 2.45) is 0 Å². The number of hydrogen-bond donors (Lipinski definition) is 1. The third kappa shape index (κ3) is 3.14. The summed E-state index contributed by atoms with van der Waals surface area (Å²) in [4.78, 5) is 0. The Balaban J connectivity index is 1.81. The first-order valence-corrected chi connectivity index (χ1v) is 7.06. The van der Waals surface area contributed by atoms with Gasteiger partial charge in [-0.15, -0.1) is 0 Å². The Morgan fingerprint density at radius 3 is 2.62 bits per heavy atom. The van der Waals surface area contributed by atoms with Crippen LogP contribution in [0, 0.1) is 0 Å². The van der Waals surface area contributed by atoms with Crippen LogP contribution in [0.1, 0.15) is 12.8 Å². The highest BCUT2D eigenvalue weighted by Crippen LogP contribution is 2.11. The molecule has 2 fully saturated rings. The molecule has 94 valence electrons. The number of nitrogens with one attached hydrogen (secondary N) is 1. The second-order valence-electron chi connectivity index (χ2n) is 4.00. The molecular formula is C9H18N2O4S. The number of ether oxygens (including phenoxy) is 2. The Kier molecular flexibility index (Phi) is 4.15. The van der Waals surface area contributed by atoms with Crippen molar-refractivity contribution in [1.29, 1.82) is 0 Å². The average Bonchev–Trinajstić information content (AvgIpc) is 2.81. The molecule has 0 aliphatic carbocycles. The highest BCUT2D eigenvalue weighted by Gasteiger charge is 2.25. The molecule has 16 heavy (non-hydrogen) atoms. The molecule has 2 heterocycles. The average molecular weight is 250 g/mol. The molecule has 1 unspecified atom stereocenters. The molecule has 0 saturated carbocycles. The van der Waals surface area contributed by atoms with Crippen LogP contribution in [0.15, 0.2) is 0 Å². The molecule has 1 atom stereocenters. The summed E-state index contributed by atoms with van der Waals surface area (Å²) in [6.45, 7) is 2.92. The molecule has 2 aliphatic rings. The molecule has 2 rings (SSSR count). The summed E-state index contributed by atoms with van der Waals surface area (Å²) in [7, 11) is -3.35. The van der Waals surface area contributed by atoms with Gasteiger partial charge in [0.25, 0.3) is 10.2 Å². The van der Waals surface area contributed by atoms with Crippen LogP contribution < -0.4 is 4.72 Å². The molecular weight excluding hydrogens is 232 g/mol. The van der Waals surface area contributed by atoms with E-state index in [9.17, 15) is 8.42 Å². The lowest BCUT2D eigenvalue weighted by molar-refractivity contribution is 0.0718. The zero-order valence-electron chi connectivity index (χ0n) is 9.22. The summed E-state index contributed by atoms with van der Waals surface area (Å²) in [6, 6.07) is 0. The van der Waals surface area contributed by atoms with Crippen LogP contribution in [-0.4, -0.2) is 58.3 Å². The van der Waals surface area contributed by atoms with Crippen molar-refractivity contribution in [3.8, 4) is 0 Å². The molecule has 2 saturated heterocycles. The molecule has 0 aromatic carbocycles. The van der Waals surface area contributed by atoms with E-state index < -0.39 is 10.2 Å². The SMILES string of the molecule is O=S(=O)(NCC1CCCO1)N1CCOCC1. The van der Waals surface area contributed by atoms with Gasteiger partial charge in [-0.05, 0) is 12.8 Å². The van der Waals surface area contributed by atoms with Crippen molar-refractivity contribution in [3.05, 3.63) is 0 Å². The normalized spacial score (nSPS) is 28.4. The Bertz CT molecular complexity index is 307. The number of rotatable bonds is 4. The van der Waals surface area contributed by atoms with E-state index in [1.165, 1.54) is 4.31 Å². The molecule has 0 aromatic rings. The van der Waals surface area contributed by atoms with E-state index in [1.54, 1.807) is 0 Å². The van der Waals surface area contributed by atoms with Crippen molar-refractivity contribution in [2.75, 3.05) is 39.5 Å². The van der Waals surface area contributed by atoms with Crippen LogP contribution in [0.25, 0.3) is 0 Å². The van der Waals surface area contributed by atoms with Crippen LogP contribution >= 0.6 is 0 Å². The van der Waals surface area contributed by atoms with Crippen molar-refractivity contribution in [3.63, 3.8) is 0 Å². The lowest BCUT2D eigenvalue weighted by atomic mass is 10.2. The Morgan fingerprint density at radius 1 is 1.25 bits per heavy atom. The van der Waals surface area contributed by atoms with Gasteiger partial charge in [-0.25, -0.2) is 0 Å². The smallest absolute Gasteiger partial charge is 0.279 e. The maximum atomic E-state index is 11.8. The molecule has 7 heteroatoms. The second kappa shape index (κ2) is 5.42. The summed E-state index contributed by atoms with van der Waals surface area (Å²) in [5, 5.41) is 0. The lowest BCUT2D eigenvalue weighted by Crippen LogP contribution is -2.48. The highest BCUT2D eigenvalue weighted by atomic mass is 32.2. The molecule has 2 aliphatic heterocycles. The molecule has 1 N–H and O–H groups in total. The fraction of sp³-hybridized carbons (Fsp3) is 1.00. The van der Waals surface area contributed by atoms with E-state index in [-0.39, 0.29) is 6.10 Å². The predicted octanol–water partition coefficient (Wildman–Crippen LogP) is -0.668. The van der Waals surface area contributed by atoms with Gasteiger partial charge in [-0.1, -0.05) is 0 Å². The minimum absolute atomic E-state index is 0.0378. The van der Waals surface area contributed by atoms with E-state index in [1.807, 2.05) is 0 Å². The van der Waals surface area contributed by atoms with Crippen LogP contribution in [-0.2, 0) is 19.7 Å². The number of hydrogen-bond acceptors (Lipinski definition) is 4. The van der Waals surface area contributed by atoms with Crippen molar-refractivity contribution >= 4 is 10.2 Å². The highest BCUT2D eigenvalue weighted by molar-refractivity contribution is 7.87. The van der Waals surface area contributed by atoms with Gasteiger partial charge in [0, 0.05) is 26.2 Å². The van der Waals surface area contributed by atoms with E-state index >= 15 is 0 Å². The van der Waals surface area contributed by atoms with Gasteiger partial charge in [-0.3, -0.25) is 0 Å². The molecule has 0 amide bonds. The first-order valence-electron chi connectivity index (χ1n) is 5.62. The lowest BCUT2D eigenvalue weighted by Gasteiger charge is -2.26. The standard InChI is InChI=1S/C9H18N2O4S/c12-16(13,11-3-6-14-7-4-11)10-8-9-2-1-5-15-9/h9-10H,1-8H2. The monoisotopic (exact) mass is 250 g/mol. The third-order valence-electron chi connectivity index (χ3n) is 2.83. The number of nitrogens with zero attached hydrogens (tertiary/aromatic N) is 1. The van der Waals surface area contributed by atoms with Crippen LogP contribution in [0.4, 0.5) is 0 Å². The topological polar surface area (TPSA) is 67.9 Å². The second-order valence-corrected chi connectivity index (χ2v) is 5.76. The molecule has 0 radical (unpaired) electrons. The van der Waals surface area contributed by atoms with Crippen molar-refractivity contribution in [1.82, 2.24) is 9.03 Å². The first kappa shape index (κ1) is 12.3. The zero-order valence-corrected chi connectivity index (χ0v) is 10.0.